The van der Waals surface area contributed by atoms with Gasteiger partial charge in [0.05, 0.1) is 24.8 Å². The Kier molecular flexibility index (Phi) is 5.62. The maximum Gasteiger partial charge on any atom is 0.256 e. The minimum Gasteiger partial charge on any atom is -0.497 e. The van der Waals surface area contributed by atoms with Crippen LogP contribution in [0.5, 0.6) is 5.75 Å². The first-order chi connectivity index (χ1) is 15.6. The van der Waals surface area contributed by atoms with Gasteiger partial charge in [0.1, 0.15) is 11.5 Å². The first-order valence-electron chi connectivity index (χ1n) is 10.7. The van der Waals surface area contributed by atoms with Gasteiger partial charge in [-0.2, -0.15) is 0 Å². The van der Waals surface area contributed by atoms with Crippen LogP contribution >= 0.6 is 11.6 Å². The number of hydrogen-bond acceptors (Lipinski definition) is 4. The average Bonchev–Trinajstić information content (AvgIpc) is 3.45. The summed E-state index contributed by atoms with van der Waals surface area (Å²) < 4.78 is 11.4. The van der Waals surface area contributed by atoms with Gasteiger partial charge in [-0.1, -0.05) is 23.7 Å². The zero-order valence-electron chi connectivity index (χ0n) is 17.8. The van der Waals surface area contributed by atoms with E-state index in [1.54, 1.807) is 19.5 Å². The Hall–Kier alpha value is -3.25. The molecule has 1 saturated heterocycles. The number of amides is 1. The van der Waals surface area contributed by atoms with Crippen LogP contribution in [0.3, 0.4) is 0 Å². The zero-order chi connectivity index (χ0) is 22.1. The molecule has 1 atom stereocenters. The Morgan fingerprint density at radius 2 is 2.22 bits per heavy atom. The molecule has 7 heteroatoms. The molecule has 2 aromatic heterocycles. The van der Waals surface area contributed by atoms with Crippen LogP contribution in [0.1, 0.15) is 46.3 Å². The molecular weight excluding hydrogens is 426 g/mol. The minimum absolute atomic E-state index is 0.0138. The van der Waals surface area contributed by atoms with E-state index in [1.165, 1.54) is 0 Å². The molecule has 0 aliphatic carbocycles. The lowest BCUT2D eigenvalue weighted by Crippen LogP contribution is -2.39. The van der Waals surface area contributed by atoms with Crippen LogP contribution in [-0.2, 0) is 6.42 Å². The van der Waals surface area contributed by atoms with E-state index in [-0.39, 0.29) is 11.8 Å². The molecule has 1 N–H and O–H groups in total. The second-order valence-corrected chi connectivity index (χ2v) is 8.61. The fourth-order valence-electron chi connectivity index (χ4n) is 4.38. The molecule has 3 heterocycles. The van der Waals surface area contributed by atoms with Crippen molar-refractivity contribution in [3.05, 3.63) is 82.7 Å². The highest BCUT2D eigenvalue weighted by molar-refractivity contribution is 6.30. The van der Waals surface area contributed by atoms with Crippen LogP contribution in [0.15, 0.2) is 59.3 Å². The second kappa shape index (κ2) is 8.71. The van der Waals surface area contributed by atoms with Crippen molar-refractivity contribution in [1.29, 1.82) is 0 Å². The molecule has 0 unspecified atom stereocenters. The van der Waals surface area contributed by atoms with Crippen LogP contribution in [-0.4, -0.2) is 41.0 Å². The molecule has 1 fully saturated rings. The summed E-state index contributed by atoms with van der Waals surface area (Å²) in [6.07, 6.45) is 6.06. The molecule has 0 radical (unpaired) electrons. The van der Waals surface area contributed by atoms with Crippen molar-refractivity contribution in [3.63, 3.8) is 0 Å². The van der Waals surface area contributed by atoms with E-state index in [4.69, 9.17) is 20.8 Å². The van der Waals surface area contributed by atoms with E-state index in [0.29, 0.717) is 29.4 Å². The highest BCUT2D eigenvalue weighted by atomic mass is 35.5. The first kappa shape index (κ1) is 20.6. The maximum absolute atomic E-state index is 13.3. The van der Waals surface area contributed by atoms with Gasteiger partial charge in [-0.25, -0.2) is 4.98 Å². The number of nitrogens with one attached hydrogen (secondary N) is 1. The van der Waals surface area contributed by atoms with Crippen LogP contribution in [0.25, 0.3) is 10.9 Å². The normalized spacial score (nSPS) is 16.4. The molecule has 4 aromatic rings. The number of benzene rings is 2. The molecule has 6 nitrogen and oxygen atoms in total. The van der Waals surface area contributed by atoms with E-state index >= 15 is 0 Å². The van der Waals surface area contributed by atoms with Gasteiger partial charge in [-0.05, 0) is 48.7 Å². The molecule has 1 aliphatic heterocycles. The molecule has 1 amide bonds. The van der Waals surface area contributed by atoms with Crippen LogP contribution < -0.4 is 4.74 Å². The second-order valence-electron chi connectivity index (χ2n) is 8.18. The van der Waals surface area contributed by atoms with E-state index in [0.717, 1.165) is 47.4 Å². The first-order valence-corrected chi connectivity index (χ1v) is 11.1. The molecule has 5 rings (SSSR count). The number of halogens is 1. The number of oxazole rings is 1. The summed E-state index contributed by atoms with van der Waals surface area (Å²) in [5.41, 5.74) is 2.66. The number of rotatable bonds is 5. The van der Waals surface area contributed by atoms with Crippen LogP contribution in [0.4, 0.5) is 0 Å². The number of ether oxygens (including phenoxy) is 1. The third-order valence-corrected chi connectivity index (χ3v) is 6.25. The predicted molar refractivity (Wildman–Crippen MR) is 123 cm³/mol. The summed E-state index contributed by atoms with van der Waals surface area (Å²) in [5.74, 6) is 2.32. The molecule has 32 heavy (non-hydrogen) atoms. The number of carbonyl (C=O) groups excluding carboxylic acids is 1. The largest absolute Gasteiger partial charge is 0.497 e. The van der Waals surface area contributed by atoms with Crippen LogP contribution in [0, 0.1) is 0 Å². The van der Waals surface area contributed by atoms with Crippen LogP contribution in [0.2, 0.25) is 5.02 Å². The monoisotopic (exact) mass is 449 g/mol. The minimum atomic E-state index is 0.0138. The third-order valence-electron chi connectivity index (χ3n) is 6.02. The Labute approximate surface area is 191 Å². The third kappa shape index (κ3) is 4.10. The van der Waals surface area contributed by atoms with Crippen molar-refractivity contribution in [3.8, 4) is 5.75 Å². The van der Waals surface area contributed by atoms with E-state index in [2.05, 4.69) is 9.97 Å². The van der Waals surface area contributed by atoms with Crippen molar-refractivity contribution in [2.24, 2.45) is 0 Å². The molecule has 0 bridgehead atoms. The van der Waals surface area contributed by atoms with Crippen molar-refractivity contribution in [2.45, 2.75) is 25.2 Å². The predicted octanol–water partition coefficient (Wildman–Crippen LogP) is 5.43. The van der Waals surface area contributed by atoms with Crippen molar-refractivity contribution in [2.75, 3.05) is 20.2 Å². The lowest BCUT2D eigenvalue weighted by atomic mass is 9.97. The average molecular weight is 450 g/mol. The van der Waals surface area contributed by atoms with Gasteiger partial charge in [0, 0.05) is 41.6 Å². The Balaban J connectivity index is 1.32. The molecule has 1 aliphatic rings. The highest BCUT2D eigenvalue weighted by Crippen LogP contribution is 2.30. The van der Waals surface area contributed by atoms with Gasteiger partial charge in [-0.3, -0.25) is 4.79 Å². The number of hydrogen-bond donors (Lipinski definition) is 1. The molecule has 0 spiro atoms. The number of methoxy groups -OCH3 is 1. The number of nitrogens with zero attached hydrogens (tertiary/aromatic N) is 2. The topological polar surface area (TPSA) is 71.4 Å². The summed E-state index contributed by atoms with van der Waals surface area (Å²) in [6.45, 7) is 1.31. The Morgan fingerprint density at radius 1 is 1.31 bits per heavy atom. The summed E-state index contributed by atoms with van der Waals surface area (Å²) in [6, 6.07) is 13.4. The molecule has 2 aromatic carbocycles. The Morgan fingerprint density at radius 3 is 3.06 bits per heavy atom. The number of carbonyl (C=O) groups is 1. The van der Waals surface area contributed by atoms with Crippen molar-refractivity contribution in [1.82, 2.24) is 14.9 Å². The fourth-order valence-corrected chi connectivity index (χ4v) is 4.59. The standard InChI is InChI=1S/C25H24ClN3O3/c1-31-19-7-8-23-21(12-19)22(14-27-23)25(30)29-9-3-5-17(15-29)24-28-13-20(32-24)11-16-4-2-6-18(26)10-16/h2,4,6-8,10,12-14,17,27H,3,5,9,11,15H2,1H3/t17-/m0/s1. The summed E-state index contributed by atoms with van der Waals surface area (Å²) in [4.78, 5) is 22.9. The van der Waals surface area contributed by atoms with E-state index in [9.17, 15) is 4.79 Å². The van der Waals surface area contributed by atoms with Crippen molar-refractivity contribution >= 4 is 28.4 Å². The highest BCUT2D eigenvalue weighted by Gasteiger charge is 2.29. The number of fused-ring (bicyclic) bond motifs is 1. The van der Waals surface area contributed by atoms with Gasteiger partial charge in [-0.15, -0.1) is 0 Å². The quantitative estimate of drug-likeness (QED) is 0.441. The van der Waals surface area contributed by atoms with Gasteiger partial charge >= 0.3 is 0 Å². The number of aromatic amines is 1. The van der Waals surface area contributed by atoms with E-state index in [1.807, 2.05) is 47.4 Å². The zero-order valence-corrected chi connectivity index (χ0v) is 18.6. The summed E-state index contributed by atoms with van der Waals surface area (Å²) >= 11 is 6.09. The molecule has 0 saturated carbocycles. The summed E-state index contributed by atoms with van der Waals surface area (Å²) in [7, 11) is 1.63. The smallest absolute Gasteiger partial charge is 0.256 e. The van der Waals surface area contributed by atoms with Gasteiger partial charge in [0.25, 0.3) is 5.91 Å². The van der Waals surface area contributed by atoms with Gasteiger partial charge in [0.2, 0.25) is 0 Å². The summed E-state index contributed by atoms with van der Waals surface area (Å²) in [5, 5.41) is 1.58. The lowest BCUT2D eigenvalue weighted by molar-refractivity contribution is 0.0700. The number of likely N-dealkylation sites (tertiary alicyclic amines) is 1. The van der Waals surface area contributed by atoms with Crippen molar-refractivity contribution < 1.29 is 13.9 Å². The number of H-pyrrole nitrogens is 1. The fraction of sp³-hybridized carbons (Fsp3) is 0.280. The SMILES string of the molecule is COc1ccc2[nH]cc(C(=O)N3CCC[C@H](c4ncc(Cc5cccc(Cl)c5)o4)C3)c2c1. The van der Waals surface area contributed by atoms with Gasteiger partial charge < -0.3 is 19.0 Å². The lowest BCUT2D eigenvalue weighted by Gasteiger charge is -2.31. The Bertz CT molecular complexity index is 1260. The van der Waals surface area contributed by atoms with E-state index < -0.39 is 0 Å². The maximum atomic E-state index is 13.3. The van der Waals surface area contributed by atoms with Gasteiger partial charge in [0.15, 0.2) is 5.89 Å². The number of piperidine rings is 1. The molecular formula is C25H24ClN3O3. The number of aromatic nitrogens is 2. The molecule has 164 valence electrons.